The first kappa shape index (κ1) is 10.4. The Morgan fingerprint density at radius 3 is 2.61 bits per heavy atom. The van der Waals surface area contributed by atoms with E-state index in [1.807, 2.05) is 30.3 Å². The third-order valence-electron chi connectivity index (χ3n) is 2.64. The number of hydrogen-bond acceptors (Lipinski definition) is 4. The van der Waals surface area contributed by atoms with Gasteiger partial charge in [-0.25, -0.2) is 4.68 Å². The minimum Gasteiger partial charge on any atom is -0.258 e. The third kappa shape index (κ3) is 1.60. The summed E-state index contributed by atoms with van der Waals surface area (Å²) in [5.74, 6) is 0. The molecular weight excluding hydrogens is 232 g/mol. The van der Waals surface area contributed by atoms with Gasteiger partial charge >= 0.3 is 0 Å². The number of aromatic nitrogens is 3. The van der Waals surface area contributed by atoms with Crippen molar-refractivity contribution >= 4 is 16.7 Å². The van der Waals surface area contributed by atoms with Gasteiger partial charge in [0.05, 0.1) is 10.6 Å². The Hall–Kier alpha value is -2.76. The number of rotatable bonds is 2. The van der Waals surface area contributed by atoms with Crippen LogP contribution in [0.1, 0.15) is 0 Å². The highest BCUT2D eigenvalue weighted by molar-refractivity contribution is 5.78. The smallest absolute Gasteiger partial charge is 0.258 e. The van der Waals surface area contributed by atoms with Crippen molar-refractivity contribution in [1.82, 2.24) is 15.0 Å². The van der Waals surface area contributed by atoms with Gasteiger partial charge in [-0.1, -0.05) is 23.4 Å². The van der Waals surface area contributed by atoms with E-state index in [4.69, 9.17) is 0 Å². The van der Waals surface area contributed by atoms with E-state index < -0.39 is 4.92 Å². The molecule has 0 amide bonds. The van der Waals surface area contributed by atoms with Gasteiger partial charge in [-0.3, -0.25) is 10.1 Å². The van der Waals surface area contributed by atoms with Gasteiger partial charge in [-0.2, -0.15) is 0 Å². The topological polar surface area (TPSA) is 73.8 Å². The number of hydrogen-bond donors (Lipinski definition) is 0. The van der Waals surface area contributed by atoms with E-state index in [0.29, 0.717) is 11.0 Å². The first-order valence-corrected chi connectivity index (χ1v) is 5.31. The Bertz CT molecular complexity index is 721. The summed E-state index contributed by atoms with van der Waals surface area (Å²) in [6.07, 6.45) is 0. The molecule has 88 valence electrons. The van der Waals surface area contributed by atoms with Crippen molar-refractivity contribution in [1.29, 1.82) is 0 Å². The summed E-state index contributed by atoms with van der Waals surface area (Å²) in [5.41, 5.74) is 2.10. The van der Waals surface area contributed by atoms with Crippen LogP contribution in [0, 0.1) is 10.1 Å². The van der Waals surface area contributed by atoms with Crippen LogP contribution in [0.2, 0.25) is 0 Å². The van der Waals surface area contributed by atoms with Gasteiger partial charge in [0.2, 0.25) is 0 Å². The quantitative estimate of drug-likeness (QED) is 0.509. The lowest BCUT2D eigenvalue weighted by molar-refractivity contribution is -0.384. The van der Waals surface area contributed by atoms with Crippen molar-refractivity contribution < 1.29 is 4.92 Å². The van der Waals surface area contributed by atoms with Crippen LogP contribution in [0.25, 0.3) is 16.7 Å². The summed E-state index contributed by atoms with van der Waals surface area (Å²) in [6.45, 7) is 0. The molecule has 0 N–H and O–H groups in total. The summed E-state index contributed by atoms with van der Waals surface area (Å²) in [7, 11) is 0. The van der Waals surface area contributed by atoms with E-state index >= 15 is 0 Å². The van der Waals surface area contributed by atoms with Crippen molar-refractivity contribution in [2.24, 2.45) is 0 Å². The molecule has 3 aromatic rings. The van der Waals surface area contributed by atoms with Crippen LogP contribution in [-0.2, 0) is 0 Å². The second-order valence-corrected chi connectivity index (χ2v) is 3.77. The predicted molar refractivity (Wildman–Crippen MR) is 65.5 cm³/mol. The second kappa shape index (κ2) is 3.92. The van der Waals surface area contributed by atoms with E-state index in [1.165, 1.54) is 12.1 Å². The number of nitro groups is 1. The molecule has 2 aromatic carbocycles. The van der Waals surface area contributed by atoms with E-state index in [2.05, 4.69) is 10.3 Å². The zero-order chi connectivity index (χ0) is 12.5. The molecule has 1 aromatic heterocycles. The van der Waals surface area contributed by atoms with Crippen LogP contribution in [0.15, 0.2) is 48.5 Å². The molecular formula is C12H8N4O2. The fraction of sp³-hybridized carbons (Fsp3) is 0. The van der Waals surface area contributed by atoms with Gasteiger partial charge in [-0.15, -0.1) is 5.10 Å². The Morgan fingerprint density at radius 2 is 1.89 bits per heavy atom. The summed E-state index contributed by atoms with van der Waals surface area (Å²) in [6, 6.07) is 13.9. The molecule has 0 fully saturated rings. The zero-order valence-electron chi connectivity index (χ0n) is 9.22. The van der Waals surface area contributed by atoms with Gasteiger partial charge in [0.25, 0.3) is 5.69 Å². The fourth-order valence-corrected chi connectivity index (χ4v) is 1.78. The average Bonchev–Trinajstić information content (AvgIpc) is 2.82. The van der Waals surface area contributed by atoms with Crippen molar-refractivity contribution in [3.8, 4) is 5.69 Å². The maximum atomic E-state index is 10.8. The van der Waals surface area contributed by atoms with Crippen LogP contribution >= 0.6 is 0 Å². The highest BCUT2D eigenvalue weighted by atomic mass is 16.6. The van der Waals surface area contributed by atoms with Crippen molar-refractivity contribution in [2.45, 2.75) is 0 Å². The molecule has 0 saturated heterocycles. The first-order chi connectivity index (χ1) is 8.75. The van der Waals surface area contributed by atoms with Crippen molar-refractivity contribution in [3.63, 3.8) is 0 Å². The Labute approximate surface area is 102 Å². The Balaban J connectivity index is 2.24. The van der Waals surface area contributed by atoms with Gasteiger partial charge in [0.1, 0.15) is 11.0 Å². The highest BCUT2D eigenvalue weighted by Gasteiger charge is 2.11. The Kier molecular flexibility index (Phi) is 2.26. The molecule has 3 rings (SSSR count). The number of fused-ring (bicyclic) bond motifs is 1. The summed E-state index contributed by atoms with van der Waals surface area (Å²) < 4.78 is 1.59. The molecule has 0 spiro atoms. The number of nitrogens with zero attached hydrogens (tertiary/aromatic N) is 4. The number of benzene rings is 2. The van der Waals surface area contributed by atoms with Gasteiger partial charge in [-0.05, 0) is 18.2 Å². The minimum atomic E-state index is -0.429. The number of para-hydroxylation sites is 1. The zero-order valence-corrected chi connectivity index (χ0v) is 9.22. The third-order valence-corrected chi connectivity index (χ3v) is 2.64. The minimum absolute atomic E-state index is 0.0296. The molecule has 0 unspecified atom stereocenters. The lowest BCUT2D eigenvalue weighted by atomic mass is 10.2. The van der Waals surface area contributed by atoms with Crippen molar-refractivity contribution in [3.05, 3.63) is 58.6 Å². The first-order valence-electron chi connectivity index (χ1n) is 5.31. The Morgan fingerprint density at radius 1 is 1.11 bits per heavy atom. The highest BCUT2D eigenvalue weighted by Crippen LogP contribution is 2.21. The molecule has 0 aliphatic carbocycles. The second-order valence-electron chi connectivity index (χ2n) is 3.77. The van der Waals surface area contributed by atoms with Crippen LogP contribution in [-0.4, -0.2) is 19.9 Å². The molecule has 6 heteroatoms. The lowest BCUT2D eigenvalue weighted by Gasteiger charge is -2.00. The SMILES string of the molecule is O=[N+]([O-])c1ccc2nnn(-c3ccccc3)c2c1. The molecule has 0 saturated carbocycles. The maximum Gasteiger partial charge on any atom is 0.271 e. The molecule has 0 atom stereocenters. The van der Waals surface area contributed by atoms with E-state index in [1.54, 1.807) is 10.7 Å². The number of non-ortho nitro benzene ring substituents is 1. The molecule has 1 heterocycles. The van der Waals surface area contributed by atoms with E-state index in [0.717, 1.165) is 5.69 Å². The molecule has 0 aliphatic heterocycles. The van der Waals surface area contributed by atoms with E-state index in [9.17, 15) is 10.1 Å². The fourth-order valence-electron chi connectivity index (χ4n) is 1.78. The van der Waals surface area contributed by atoms with Crippen LogP contribution in [0.4, 0.5) is 5.69 Å². The standard InChI is InChI=1S/C12H8N4O2/c17-16(18)10-6-7-11-12(8-10)15(14-13-11)9-4-2-1-3-5-9/h1-8H. The summed E-state index contributed by atoms with van der Waals surface area (Å²) in [4.78, 5) is 10.3. The molecule has 6 nitrogen and oxygen atoms in total. The van der Waals surface area contributed by atoms with Crippen molar-refractivity contribution in [2.75, 3.05) is 0 Å². The summed E-state index contributed by atoms with van der Waals surface area (Å²) in [5, 5.41) is 18.8. The van der Waals surface area contributed by atoms with Crippen LogP contribution in [0.3, 0.4) is 0 Å². The molecule has 0 radical (unpaired) electrons. The van der Waals surface area contributed by atoms with Gasteiger partial charge < -0.3 is 0 Å². The predicted octanol–water partition coefficient (Wildman–Crippen LogP) is 2.33. The molecule has 18 heavy (non-hydrogen) atoms. The van der Waals surface area contributed by atoms with Crippen LogP contribution < -0.4 is 0 Å². The van der Waals surface area contributed by atoms with Gasteiger partial charge in [0, 0.05) is 12.1 Å². The summed E-state index contributed by atoms with van der Waals surface area (Å²) >= 11 is 0. The number of nitro benzene ring substituents is 1. The molecule has 0 bridgehead atoms. The normalized spacial score (nSPS) is 10.7. The average molecular weight is 240 g/mol. The van der Waals surface area contributed by atoms with E-state index in [-0.39, 0.29) is 5.69 Å². The maximum absolute atomic E-state index is 10.8. The lowest BCUT2D eigenvalue weighted by Crippen LogP contribution is -1.96. The van der Waals surface area contributed by atoms with Crippen LogP contribution in [0.5, 0.6) is 0 Å². The monoisotopic (exact) mass is 240 g/mol. The van der Waals surface area contributed by atoms with Gasteiger partial charge in [0.15, 0.2) is 0 Å². The largest absolute Gasteiger partial charge is 0.271 e. The molecule has 0 aliphatic rings.